The van der Waals surface area contributed by atoms with Crippen LogP contribution in [0.2, 0.25) is 5.02 Å². The molecule has 24 heavy (non-hydrogen) atoms. The van der Waals surface area contributed by atoms with Crippen LogP contribution in [0.25, 0.3) is 0 Å². The maximum absolute atomic E-state index is 12.5. The summed E-state index contributed by atoms with van der Waals surface area (Å²) < 4.78 is 32.6. The van der Waals surface area contributed by atoms with Gasteiger partial charge in [0.1, 0.15) is 5.75 Å². The zero-order valence-corrected chi connectivity index (χ0v) is 14.7. The number of halogens is 1. The maximum atomic E-state index is 12.5. The van der Waals surface area contributed by atoms with E-state index in [0.29, 0.717) is 22.1 Å². The van der Waals surface area contributed by atoms with Crippen molar-refractivity contribution in [3.8, 4) is 5.75 Å². The monoisotopic (exact) mass is 368 g/mol. The first-order valence-electron chi connectivity index (χ1n) is 7.12. The Bertz CT molecular complexity index is 853. The highest BCUT2D eigenvalue weighted by Gasteiger charge is 2.17. The highest BCUT2D eigenvalue weighted by atomic mass is 35.5. The molecule has 6 nitrogen and oxygen atoms in total. The van der Waals surface area contributed by atoms with Gasteiger partial charge in [-0.15, -0.1) is 0 Å². The predicted molar refractivity (Wildman–Crippen MR) is 94.2 cm³/mol. The lowest BCUT2D eigenvalue weighted by Gasteiger charge is -2.13. The van der Waals surface area contributed by atoms with E-state index >= 15 is 0 Å². The molecule has 1 amide bonds. The number of rotatable bonds is 6. The molecular formula is C16H17ClN2O4S. The van der Waals surface area contributed by atoms with E-state index < -0.39 is 10.0 Å². The Labute approximate surface area is 145 Å². The Hall–Kier alpha value is -2.25. The first kappa shape index (κ1) is 18.1. The minimum absolute atomic E-state index is 0.00493. The summed E-state index contributed by atoms with van der Waals surface area (Å²) in [6.07, 6.45) is 0.265. The number of nitrogens with one attached hydrogen (secondary N) is 2. The van der Waals surface area contributed by atoms with Crippen molar-refractivity contribution in [1.82, 2.24) is 0 Å². The topological polar surface area (TPSA) is 84.5 Å². The Morgan fingerprint density at radius 2 is 1.96 bits per heavy atom. The quantitative estimate of drug-likeness (QED) is 0.817. The van der Waals surface area contributed by atoms with Crippen molar-refractivity contribution < 1.29 is 17.9 Å². The van der Waals surface area contributed by atoms with Gasteiger partial charge in [-0.3, -0.25) is 9.52 Å². The van der Waals surface area contributed by atoms with E-state index in [2.05, 4.69) is 10.0 Å². The third-order valence-electron chi connectivity index (χ3n) is 3.15. The van der Waals surface area contributed by atoms with Crippen LogP contribution in [0.3, 0.4) is 0 Å². The van der Waals surface area contributed by atoms with Gasteiger partial charge in [0.25, 0.3) is 10.0 Å². The van der Waals surface area contributed by atoms with Gasteiger partial charge in [-0.2, -0.15) is 0 Å². The van der Waals surface area contributed by atoms with Gasteiger partial charge in [0.15, 0.2) is 0 Å². The zero-order valence-electron chi connectivity index (χ0n) is 13.2. The van der Waals surface area contributed by atoms with Crippen molar-refractivity contribution in [2.45, 2.75) is 18.2 Å². The average molecular weight is 369 g/mol. The molecule has 0 spiro atoms. The molecule has 2 aromatic rings. The van der Waals surface area contributed by atoms with Crippen LogP contribution >= 0.6 is 11.6 Å². The summed E-state index contributed by atoms with van der Waals surface area (Å²) in [7, 11) is -2.40. The molecule has 0 aromatic heterocycles. The molecule has 0 radical (unpaired) electrons. The third-order valence-corrected chi connectivity index (χ3v) is 4.77. The fourth-order valence-electron chi connectivity index (χ4n) is 1.96. The van der Waals surface area contributed by atoms with Crippen molar-refractivity contribution in [3.63, 3.8) is 0 Å². The molecule has 0 saturated heterocycles. The summed E-state index contributed by atoms with van der Waals surface area (Å²) >= 11 is 5.86. The largest absolute Gasteiger partial charge is 0.495 e. The fourth-order valence-corrected chi connectivity index (χ4v) is 3.22. The molecule has 0 saturated carbocycles. The van der Waals surface area contributed by atoms with E-state index in [1.54, 1.807) is 25.1 Å². The van der Waals surface area contributed by atoms with Gasteiger partial charge >= 0.3 is 0 Å². The lowest BCUT2D eigenvalue weighted by molar-refractivity contribution is -0.115. The molecule has 0 bridgehead atoms. The number of hydrogen-bond donors (Lipinski definition) is 2. The summed E-state index contributed by atoms with van der Waals surface area (Å²) in [5.41, 5.74) is 0.635. The van der Waals surface area contributed by atoms with Gasteiger partial charge in [0.2, 0.25) is 5.91 Å². The Kier molecular flexibility index (Phi) is 5.69. The number of methoxy groups -OCH3 is 1. The second-order valence-electron chi connectivity index (χ2n) is 4.88. The van der Waals surface area contributed by atoms with E-state index in [4.69, 9.17) is 16.3 Å². The molecule has 0 heterocycles. The molecule has 8 heteroatoms. The number of anilines is 2. The molecule has 2 rings (SSSR count). The second kappa shape index (κ2) is 7.55. The van der Waals surface area contributed by atoms with Crippen LogP contribution in [0.15, 0.2) is 47.4 Å². The Balaban J connectivity index is 2.36. The number of sulfonamides is 1. The molecule has 2 aromatic carbocycles. The summed E-state index contributed by atoms with van der Waals surface area (Å²) in [6.45, 7) is 1.70. The third kappa shape index (κ3) is 4.39. The van der Waals surface area contributed by atoms with Crippen LogP contribution in [0.5, 0.6) is 5.75 Å². The molecule has 2 N–H and O–H groups in total. The van der Waals surface area contributed by atoms with Gasteiger partial charge in [0, 0.05) is 11.4 Å². The van der Waals surface area contributed by atoms with E-state index in [9.17, 15) is 13.2 Å². The van der Waals surface area contributed by atoms with Crippen LogP contribution in [0.4, 0.5) is 11.4 Å². The van der Waals surface area contributed by atoms with E-state index in [1.165, 1.54) is 31.4 Å². The van der Waals surface area contributed by atoms with Crippen molar-refractivity contribution >= 4 is 38.9 Å². The highest BCUT2D eigenvalue weighted by molar-refractivity contribution is 7.92. The SMILES string of the molecule is CCC(=O)Nc1cc(S(=O)(=O)Nc2cccc(Cl)c2)ccc1OC. The summed E-state index contributed by atoms with van der Waals surface area (Å²) in [4.78, 5) is 11.6. The Morgan fingerprint density at radius 3 is 2.58 bits per heavy atom. The first-order valence-corrected chi connectivity index (χ1v) is 8.98. The fraction of sp³-hybridized carbons (Fsp3) is 0.188. The van der Waals surface area contributed by atoms with E-state index in [1.807, 2.05) is 0 Å². The number of benzene rings is 2. The predicted octanol–water partition coefficient (Wildman–Crippen LogP) is 3.50. The van der Waals surface area contributed by atoms with Crippen LogP contribution in [0, 0.1) is 0 Å². The van der Waals surface area contributed by atoms with Crippen LogP contribution in [-0.4, -0.2) is 21.4 Å². The molecular weight excluding hydrogens is 352 g/mol. The summed E-state index contributed by atoms with van der Waals surface area (Å²) in [6, 6.07) is 10.6. The van der Waals surface area contributed by atoms with E-state index in [-0.39, 0.29) is 17.2 Å². The van der Waals surface area contributed by atoms with Gasteiger partial charge in [0.05, 0.1) is 23.4 Å². The molecule has 0 unspecified atom stereocenters. The zero-order chi connectivity index (χ0) is 17.7. The lowest BCUT2D eigenvalue weighted by atomic mass is 10.3. The van der Waals surface area contributed by atoms with Crippen LogP contribution in [-0.2, 0) is 14.8 Å². The van der Waals surface area contributed by atoms with Crippen molar-refractivity contribution in [2.24, 2.45) is 0 Å². The molecule has 0 aliphatic carbocycles. The Morgan fingerprint density at radius 1 is 1.21 bits per heavy atom. The highest BCUT2D eigenvalue weighted by Crippen LogP contribution is 2.29. The molecule has 0 aliphatic rings. The lowest BCUT2D eigenvalue weighted by Crippen LogP contribution is -2.15. The van der Waals surface area contributed by atoms with Crippen molar-refractivity contribution in [2.75, 3.05) is 17.1 Å². The van der Waals surface area contributed by atoms with Gasteiger partial charge in [-0.25, -0.2) is 8.42 Å². The minimum atomic E-state index is -3.84. The van der Waals surface area contributed by atoms with Crippen LogP contribution in [0.1, 0.15) is 13.3 Å². The average Bonchev–Trinajstić information content (AvgIpc) is 2.54. The number of hydrogen-bond acceptors (Lipinski definition) is 4. The standard InChI is InChI=1S/C16H17ClN2O4S/c1-3-16(20)18-14-10-13(7-8-15(14)23-2)24(21,22)19-12-6-4-5-11(17)9-12/h4-10,19H,3H2,1-2H3,(H,18,20). The van der Waals surface area contributed by atoms with Gasteiger partial charge < -0.3 is 10.1 Å². The number of carbonyl (C=O) groups is 1. The molecule has 0 atom stereocenters. The first-order chi connectivity index (χ1) is 11.4. The smallest absolute Gasteiger partial charge is 0.261 e. The normalized spacial score (nSPS) is 11.0. The summed E-state index contributed by atoms with van der Waals surface area (Å²) in [5, 5.41) is 3.04. The van der Waals surface area contributed by atoms with Gasteiger partial charge in [-0.05, 0) is 36.4 Å². The van der Waals surface area contributed by atoms with Crippen LogP contribution < -0.4 is 14.8 Å². The van der Waals surface area contributed by atoms with Crippen molar-refractivity contribution in [3.05, 3.63) is 47.5 Å². The van der Waals surface area contributed by atoms with E-state index in [0.717, 1.165) is 0 Å². The minimum Gasteiger partial charge on any atom is -0.495 e. The van der Waals surface area contributed by atoms with Gasteiger partial charge in [-0.1, -0.05) is 24.6 Å². The summed E-state index contributed by atoms with van der Waals surface area (Å²) in [5.74, 6) is 0.129. The maximum Gasteiger partial charge on any atom is 0.261 e. The number of amides is 1. The number of ether oxygens (including phenoxy) is 1. The second-order valence-corrected chi connectivity index (χ2v) is 7.00. The molecule has 128 valence electrons. The van der Waals surface area contributed by atoms with Crippen molar-refractivity contribution in [1.29, 1.82) is 0 Å². The molecule has 0 aliphatic heterocycles. The number of carbonyl (C=O) groups excluding carboxylic acids is 1. The molecule has 0 fully saturated rings.